The van der Waals surface area contributed by atoms with Gasteiger partial charge in [0.1, 0.15) is 5.82 Å². The van der Waals surface area contributed by atoms with Gasteiger partial charge in [-0.3, -0.25) is 9.59 Å². The second-order valence-electron chi connectivity index (χ2n) is 6.35. The minimum absolute atomic E-state index is 0.0445. The standard InChI is InChI=1S/C20H21FN2O2/c1-23-18(24)11-10-17(19(23)15-7-3-2-4-8-15)20(25)22-13-14-6-5-9-16(21)12-14/h2-9,12,17,19H,10-11,13H2,1H3,(H,22,25)/t17-,19-/m1/s1. The molecule has 25 heavy (non-hydrogen) atoms. The van der Waals surface area contributed by atoms with E-state index in [4.69, 9.17) is 0 Å². The molecule has 4 nitrogen and oxygen atoms in total. The molecule has 1 saturated heterocycles. The molecule has 2 aromatic rings. The maximum absolute atomic E-state index is 13.3. The van der Waals surface area contributed by atoms with Gasteiger partial charge in [-0.1, -0.05) is 42.5 Å². The fourth-order valence-electron chi connectivity index (χ4n) is 3.39. The second kappa shape index (κ2) is 7.47. The molecule has 1 fully saturated rings. The highest BCUT2D eigenvalue weighted by Gasteiger charge is 2.38. The van der Waals surface area contributed by atoms with Gasteiger partial charge in [0.05, 0.1) is 12.0 Å². The number of hydrogen-bond acceptors (Lipinski definition) is 2. The van der Waals surface area contributed by atoms with E-state index in [2.05, 4.69) is 5.32 Å². The van der Waals surface area contributed by atoms with E-state index in [1.54, 1.807) is 24.1 Å². The third-order valence-corrected chi connectivity index (χ3v) is 4.69. The maximum Gasteiger partial charge on any atom is 0.225 e. The predicted octanol–water partition coefficient (Wildman–Crippen LogP) is 3.05. The molecule has 2 atom stereocenters. The Bertz CT molecular complexity index is 763. The summed E-state index contributed by atoms with van der Waals surface area (Å²) in [7, 11) is 1.74. The van der Waals surface area contributed by atoms with Gasteiger partial charge in [-0.05, 0) is 29.7 Å². The van der Waals surface area contributed by atoms with Crippen molar-refractivity contribution in [2.45, 2.75) is 25.4 Å². The van der Waals surface area contributed by atoms with Crippen LogP contribution in [0, 0.1) is 11.7 Å². The largest absolute Gasteiger partial charge is 0.352 e. The smallest absolute Gasteiger partial charge is 0.225 e. The lowest BCUT2D eigenvalue weighted by atomic mass is 9.84. The summed E-state index contributed by atoms with van der Waals surface area (Å²) in [5, 5.41) is 2.89. The summed E-state index contributed by atoms with van der Waals surface area (Å²) in [4.78, 5) is 26.5. The van der Waals surface area contributed by atoms with Crippen LogP contribution < -0.4 is 5.32 Å². The number of hydrogen-bond donors (Lipinski definition) is 1. The molecule has 3 rings (SSSR count). The van der Waals surface area contributed by atoms with Gasteiger partial charge in [0.15, 0.2) is 0 Å². The highest BCUT2D eigenvalue weighted by molar-refractivity contribution is 5.84. The number of nitrogens with one attached hydrogen (secondary N) is 1. The third kappa shape index (κ3) is 3.87. The first kappa shape index (κ1) is 17.1. The van der Waals surface area contributed by atoms with E-state index in [1.165, 1.54) is 12.1 Å². The van der Waals surface area contributed by atoms with Crippen molar-refractivity contribution in [2.24, 2.45) is 5.92 Å². The molecule has 0 saturated carbocycles. The van der Waals surface area contributed by atoms with Gasteiger partial charge >= 0.3 is 0 Å². The first-order valence-electron chi connectivity index (χ1n) is 8.39. The highest BCUT2D eigenvalue weighted by atomic mass is 19.1. The van der Waals surface area contributed by atoms with E-state index >= 15 is 0 Å². The van der Waals surface area contributed by atoms with Crippen LogP contribution >= 0.6 is 0 Å². The van der Waals surface area contributed by atoms with Crippen LogP contribution in [0.1, 0.15) is 30.0 Å². The SMILES string of the molecule is CN1C(=O)CC[C@@H](C(=O)NCc2cccc(F)c2)[C@H]1c1ccccc1. The first-order valence-corrected chi connectivity index (χ1v) is 8.39. The van der Waals surface area contributed by atoms with E-state index < -0.39 is 0 Å². The Morgan fingerprint density at radius 1 is 1.20 bits per heavy atom. The molecule has 0 aromatic heterocycles. The number of amides is 2. The van der Waals surface area contributed by atoms with Gasteiger partial charge in [-0.15, -0.1) is 0 Å². The van der Waals surface area contributed by atoms with Crippen molar-refractivity contribution in [1.29, 1.82) is 0 Å². The van der Waals surface area contributed by atoms with Crippen molar-refractivity contribution in [3.8, 4) is 0 Å². The van der Waals surface area contributed by atoms with Crippen molar-refractivity contribution in [3.63, 3.8) is 0 Å². The monoisotopic (exact) mass is 340 g/mol. The number of benzene rings is 2. The number of halogens is 1. The molecule has 2 amide bonds. The molecule has 1 aliphatic heterocycles. The number of rotatable bonds is 4. The van der Waals surface area contributed by atoms with Gasteiger partial charge in [0, 0.05) is 20.0 Å². The normalized spacial score (nSPS) is 20.4. The Morgan fingerprint density at radius 3 is 2.68 bits per heavy atom. The van der Waals surface area contributed by atoms with Crippen LogP contribution in [0.3, 0.4) is 0 Å². The summed E-state index contributed by atoms with van der Waals surface area (Å²) >= 11 is 0. The van der Waals surface area contributed by atoms with E-state index in [0.717, 1.165) is 5.56 Å². The first-order chi connectivity index (χ1) is 12.1. The number of piperidine rings is 1. The number of likely N-dealkylation sites (tertiary alicyclic amines) is 1. The van der Waals surface area contributed by atoms with Crippen LogP contribution in [-0.4, -0.2) is 23.8 Å². The average molecular weight is 340 g/mol. The topological polar surface area (TPSA) is 49.4 Å². The van der Waals surface area contributed by atoms with E-state index in [-0.39, 0.29) is 36.1 Å². The minimum Gasteiger partial charge on any atom is -0.352 e. The second-order valence-corrected chi connectivity index (χ2v) is 6.35. The van der Waals surface area contributed by atoms with Gasteiger partial charge < -0.3 is 10.2 Å². The molecule has 0 bridgehead atoms. The van der Waals surface area contributed by atoms with Crippen molar-refractivity contribution in [3.05, 3.63) is 71.5 Å². The molecular weight excluding hydrogens is 319 g/mol. The highest BCUT2D eigenvalue weighted by Crippen LogP contribution is 2.35. The quantitative estimate of drug-likeness (QED) is 0.930. The van der Waals surface area contributed by atoms with Crippen molar-refractivity contribution >= 4 is 11.8 Å². The van der Waals surface area contributed by atoms with Crippen molar-refractivity contribution in [1.82, 2.24) is 10.2 Å². The van der Waals surface area contributed by atoms with Crippen molar-refractivity contribution < 1.29 is 14.0 Å². The Labute approximate surface area is 146 Å². The molecule has 1 N–H and O–H groups in total. The number of nitrogens with zero attached hydrogens (tertiary/aromatic N) is 1. The minimum atomic E-state index is -0.322. The zero-order valence-corrected chi connectivity index (χ0v) is 14.1. The van der Waals surface area contributed by atoms with E-state index in [9.17, 15) is 14.0 Å². The van der Waals surface area contributed by atoms with Gasteiger partial charge in [-0.25, -0.2) is 4.39 Å². The molecule has 1 heterocycles. The van der Waals surface area contributed by atoms with Gasteiger partial charge in [-0.2, -0.15) is 0 Å². The lowest BCUT2D eigenvalue weighted by Crippen LogP contribution is -2.46. The molecule has 1 aliphatic rings. The molecule has 0 aliphatic carbocycles. The molecule has 0 radical (unpaired) electrons. The fourth-order valence-corrected chi connectivity index (χ4v) is 3.39. The van der Waals surface area contributed by atoms with Crippen LogP contribution in [0.25, 0.3) is 0 Å². The summed E-state index contributed by atoms with van der Waals surface area (Å²) in [6, 6.07) is 15.5. The van der Waals surface area contributed by atoms with Crippen LogP contribution in [0.5, 0.6) is 0 Å². The van der Waals surface area contributed by atoms with E-state index in [0.29, 0.717) is 18.4 Å². The van der Waals surface area contributed by atoms with Crippen LogP contribution in [-0.2, 0) is 16.1 Å². The zero-order chi connectivity index (χ0) is 17.8. The zero-order valence-electron chi connectivity index (χ0n) is 14.1. The van der Waals surface area contributed by atoms with E-state index in [1.807, 2.05) is 30.3 Å². The summed E-state index contributed by atoms with van der Waals surface area (Å²) < 4.78 is 13.3. The van der Waals surface area contributed by atoms with Crippen molar-refractivity contribution in [2.75, 3.05) is 7.05 Å². The third-order valence-electron chi connectivity index (χ3n) is 4.69. The number of carbonyl (C=O) groups excluding carboxylic acids is 2. The molecule has 130 valence electrons. The van der Waals surface area contributed by atoms with Gasteiger partial charge in [0.2, 0.25) is 11.8 Å². The van der Waals surface area contributed by atoms with Crippen LogP contribution in [0.15, 0.2) is 54.6 Å². The molecular formula is C20H21FN2O2. The fraction of sp³-hybridized carbons (Fsp3) is 0.300. The summed E-state index contributed by atoms with van der Waals surface area (Å²) in [5.41, 5.74) is 1.66. The lowest BCUT2D eigenvalue weighted by molar-refractivity contribution is -0.141. The summed E-state index contributed by atoms with van der Waals surface area (Å²) in [6.45, 7) is 0.270. The lowest BCUT2D eigenvalue weighted by Gasteiger charge is -2.38. The molecule has 0 spiro atoms. The van der Waals surface area contributed by atoms with Gasteiger partial charge in [0.25, 0.3) is 0 Å². The number of carbonyl (C=O) groups is 2. The Kier molecular flexibility index (Phi) is 5.12. The Morgan fingerprint density at radius 2 is 1.96 bits per heavy atom. The Balaban J connectivity index is 1.76. The molecule has 0 unspecified atom stereocenters. The predicted molar refractivity (Wildman–Crippen MR) is 92.9 cm³/mol. The summed E-state index contributed by atoms with van der Waals surface area (Å²) in [6.07, 6.45) is 0.871. The maximum atomic E-state index is 13.3. The molecule has 5 heteroatoms. The average Bonchev–Trinajstić information content (AvgIpc) is 2.62. The Hall–Kier alpha value is -2.69. The summed E-state index contributed by atoms with van der Waals surface area (Å²) in [5.74, 6) is -0.712. The molecule has 2 aromatic carbocycles. The van der Waals surface area contributed by atoms with Crippen LogP contribution in [0.4, 0.5) is 4.39 Å². The van der Waals surface area contributed by atoms with Crippen LogP contribution in [0.2, 0.25) is 0 Å².